The lowest BCUT2D eigenvalue weighted by molar-refractivity contribution is 0.0734. The van der Waals surface area contributed by atoms with Gasteiger partial charge in [0, 0.05) is 11.4 Å². The monoisotopic (exact) mass is 536 g/mol. The molecule has 1 fully saturated rings. The molecule has 0 bridgehead atoms. The van der Waals surface area contributed by atoms with Crippen molar-refractivity contribution in [1.29, 1.82) is 0 Å². The summed E-state index contributed by atoms with van der Waals surface area (Å²) in [4.78, 5) is 12.7. The van der Waals surface area contributed by atoms with Crippen LogP contribution in [0.3, 0.4) is 0 Å². The highest BCUT2D eigenvalue weighted by Gasteiger charge is 2.22. The van der Waals surface area contributed by atoms with Gasteiger partial charge < -0.3 is 9.30 Å². The number of hydrogen-bond acceptors (Lipinski definition) is 5. The second-order valence-electron chi connectivity index (χ2n) is 8.87. The first-order valence-corrected chi connectivity index (χ1v) is 14.4. The van der Waals surface area contributed by atoms with Gasteiger partial charge in [0.2, 0.25) is 4.80 Å². The molecule has 1 aliphatic carbocycles. The molecule has 1 aromatic heterocycles. The average Bonchev–Trinajstić information content (AvgIpc) is 3.33. The number of ether oxygens (including phenoxy) is 1. The summed E-state index contributed by atoms with van der Waals surface area (Å²) in [5.41, 5.74) is 2.18. The quantitative estimate of drug-likeness (QED) is 0.212. The largest absolute Gasteiger partial charge is 0.423 e. The van der Waals surface area contributed by atoms with Crippen LogP contribution in [0.1, 0.15) is 48.5 Å². The standard InChI is InChI=1S/C28H25FN2O4S2/c29-22-13-17-25(18-14-22)37(33,34)30-28-31(23-9-5-2-6-10-23)26(19-36-28)20-11-15-24(16-12-20)35-27(32)21-7-3-1-4-8-21/h1,3-4,7-8,11-19,23H,2,5-6,9-10H2. The summed E-state index contributed by atoms with van der Waals surface area (Å²) >= 11 is 1.26. The molecule has 6 nitrogen and oxygen atoms in total. The van der Waals surface area contributed by atoms with Gasteiger partial charge in [0.25, 0.3) is 10.0 Å². The van der Waals surface area contributed by atoms with Crippen molar-refractivity contribution >= 4 is 27.3 Å². The van der Waals surface area contributed by atoms with Crippen LogP contribution in [-0.4, -0.2) is 19.0 Å². The van der Waals surface area contributed by atoms with E-state index in [2.05, 4.69) is 4.40 Å². The summed E-state index contributed by atoms with van der Waals surface area (Å²) < 4.78 is 51.0. The number of sulfonamides is 1. The second-order valence-corrected chi connectivity index (χ2v) is 11.3. The van der Waals surface area contributed by atoms with Crippen molar-refractivity contribution in [3.05, 3.63) is 100 Å². The zero-order valence-corrected chi connectivity index (χ0v) is 21.6. The van der Waals surface area contributed by atoms with E-state index in [4.69, 9.17) is 4.74 Å². The van der Waals surface area contributed by atoms with Crippen LogP contribution in [0.25, 0.3) is 11.3 Å². The molecular weight excluding hydrogens is 511 g/mol. The van der Waals surface area contributed by atoms with Crippen molar-refractivity contribution in [2.75, 3.05) is 0 Å². The molecular formula is C28H25FN2O4S2. The molecule has 5 rings (SSSR count). The molecule has 0 unspecified atom stereocenters. The van der Waals surface area contributed by atoms with Crippen LogP contribution >= 0.6 is 11.3 Å². The van der Waals surface area contributed by atoms with E-state index in [1.807, 2.05) is 28.1 Å². The zero-order valence-electron chi connectivity index (χ0n) is 19.9. The number of carbonyl (C=O) groups is 1. The lowest BCUT2D eigenvalue weighted by atomic mass is 9.95. The Morgan fingerprint density at radius 2 is 1.59 bits per heavy atom. The van der Waals surface area contributed by atoms with Gasteiger partial charge in [0.1, 0.15) is 11.6 Å². The normalized spacial score (nSPS) is 15.0. The maximum absolute atomic E-state index is 13.3. The van der Waals surface area contributed by atoms with E-state index >= 15 is 0 Å². The lowest BCUT2D eigenvalue weighted by Crippen LogP contribution is -2.25. The van der Waals surface area contributed by atoms with E-state index in [1.54, 1.807) is 36.4 Å². The molecule has 1 saturated carbocycles. The third-order valence-corrected chi connectivity index (χ3v) is 8.60. The van der Waals surface area contributed by atoms with E-state index in [0.29, 0.717) is 16.1 Å². The Labute approximate surface area is 218 Å². The van der Waals surface area contributed by atoms with Crippen molar-refractivity contribution in [1.82, 2.24) is 4.57 Å². The molecule has 1 heterocycles. The van der Waals surface area contributed by atoms with Crippen LogP contribution in [0.4, 0.5) is 4.39 Å². The predicted molar refractivity (Wildman–Crippen MR) is 140 cm³/mol. The van der Waals surface area contributed by atoms with Crippen LogP contribution in [0, 0.1) is 5.82 Å². The molecule has 3 aromatic carbocycles. The van der Waals surface area contributed by atoms with Gasteiger partial charge in [-0.1, -0.05) is 37.5 Å². The van der Waals surface area contributed by atoms with Crippen LogP contribution in [0.15, 0.2) is 93.5 Å². The first kappa shape index (κ1) is 25.1. The van der Waals surface area contributed by atoms with Crippen molar-refractivity contribution < 1.29 is 22.3 Å². The first-order valence-electron chi connectivity index (χ1n) is 12.0. The predicted octanol–water partition coefficient (Wildman–Crippen LogP) is 6.37. The Bertz CT molecular complexity index is 1550. The van der Waals surface area contributed by atoms with Crippen LogP contribution in [-0.2, 0) is 10.0 Å². The third kappa shape index (κ3) is 5.73. The number of esters is 1. The van der Waals surface area contributed by atoms with Gasteiger partial charge in [-0.15, -0.1) is 15.7 Å². The topological polar surface area (TPSA) is 77.7 Å². The number of aromatic nitrogens is 1. The molecule has 0 radical (unpaired) electrons. The molecule has 0 saturated heterocycles. The third-order valence-electron chi connectivity index (χ3n) is 6.36. The molecule has 0 atom stereocenters. The summed E-state index contributed by atoms with van der Waals surface area (Å²) in [6.45, 7) is 0. The SMILES string of the molecule is O=C(Oc1ccc(-c2csc(=NS(=O)(=O)c3ccc(F)cc3)n2C2CCCCC2)cc1)c1ccccc1. The smallest absolute Gasteiger partial charge is 0.343 e. The van der Waals surface area contributed by atoms with Crippen molar-refractivity contribution in [2.45, 2.75) is 43.0 Å². The van der Waals surface area contributed by atoms with Crippen LogP contribution in [0.5, 0.6) is 5.75 Å². The maximum Gasteiger partial charge on any atom is 0.343 e. The molecule has 190 valence electrons. The van der Waals surface area contributed by atoms with Gasteiger partial charge >= 0.3 is 5.97 Å². The maximum atomic E-state index is 13.3. The van der Waals surface area contributed by atoms with E-state index < -0.39 is 21.8 Å². The van der Waals surface area contributed by atoms with Gasteiger partial charge in [0.05, 0.1) is 16.2 Å². The number of nitrogens with zero attached hydrogens (tertiary/aromatic N) is 2. The molecule has 9 heteroatoms. The zero-order chi connectivity index (χ0) is 25.8. The number of benzene rings is 3. The number of halogens is 1. The fourth-order valence-electron chi connectivity index (χ4n) is 4.49. The minimum atomic E-state index is -4.02. The van der Waals surface area contributed by atoms with Gasteiger partial charge in [-0.05, 0) is 79.1 Å². The molecule has 0 aliphatic heterocycles. The summed E-state index contributed by atoms with van der Waals surface area (Å²) in [7, 11) is -4.02. The number of hydrogen-bond donors (Lipinski definition) is 0. The van der Waals surface area contributed by atoms with E-state index in [-0.39, 0.29) is 10.9 Å². The first-order chi connectivity index (χ1) is 17.9. The minimum Gasteiger partial charge on any atom is -0.423 e. The summed E-state index contributed by atoms with van der Waals surface area (Å²) in [5.74, 6) is -0.526. The molecule has 0 N–H and O–H groups in total. The highest BCUT2D eigenvalue weighted by atomic mass is 32.2. The average molecular weight is 537 g/mol. The Morgan fingerprint density at radius 3 is 2.27 bits per heavy atom. The van der Waals surface area contributed by atoms with E-state index in [9.17, 15) is 17.6 Å². The Hall–Kier alpha value is -3.56. The number of thiazole rings is 1. The van der Waals surface area contributed by atoms with Crippen LogP contribution < -0.4 is 9.54 Å². The van der Waals surface area contributed by atoms with Gasteiger partial charge in [0.15, 0.2) is 0 Å². The Morgan fingerprint density at radius 1 is 0.919 bits per heavy atom. The summed E-state index contributed by atoms with van der Waals surface area (Å²) in [6.07, 6.45) is 5.13. The Balaban J connectivity index is 1.49. The molecule has 0 spiro atoms. The molecule has 1 aliphatic rings. The fourth-order valence-corrected chi connectivity index (χ4v) is 6.66. The Kier molecular flexibility index (Phi) is 7.34. The number of carbonyl (C=O) groups excluding carboxylic acids is 1. The van der Waals surface area contributed by atoms with Crippen LogP contribution in [0.2, 0.25) is 0 Å². The number of rotatable bonds is 6. The highest BCUT2D eigenvalue weighted by Crippen LogP contribution is 2.33. The summed E-state index contributed by atoms with van der Waals surface area (Å²) in [6, 6.07) is 20.7. The highest BCUT2D eigenvalue weighted by molar-refractivity contribution is 7.90. The van der Waals surface area contributed by atoms with Gasteiger partial charge in [-0.25, -0.2) is 9.18 Å². The fraction of sp³-hybridized carbons (Fsp3) is 0.214. The molecule has 4 aromatic rings. The van der Waals surface area contributed by atoms with E-state index in [1.165, 1.54) is 23.5 Å². The summed E-state index contributed by atoms with van der Waals surface area (Å²) in [5, 5.41) is 1.90. The van der Waals surface area contributed by atoms with Gasteiger partial charge in [-0.3, -0.25) is 0 Å². The van der Waals surface area contributed by atoms with Gasteiger partial charge in [-0.2, -0.15) is 8.42 Å². The lowest BCUT2D eigenvalue weighted by Gasteiger charge is -2.25. The van der Waals surface area contributed by atoms with Crippen molar-refractivity contribution in [2.24, 2.45) is 4.40 Å². The molecule has 37 heavy (non-hydrogen) atoms. The van der Waals surface area contributed by atoms with Crippen molar-refractivity contribution in [3.8, 4) is 17.0 Å². The van der Waals surface area contributed by atoms with Crippen molar-refractivity contribution in [3.63, 3.8) is 0 Å². The van der Waals surface area contributed by atoms with E-state index in [0.717, 1.165) is 55.5 Å². The molecule has 0 amide bonds. The second kappa shape index (κ2) is 10.8. The minimum absolute atomic E-state index is 0.0522.